The van der Waals surface area contributed by atoms with E-state index in [4.69, 9.17) is 4.74 Å². The molecule has 0 fully saturated rings. The van der Waals surface area contributed by atoms with Gasteiger partial charge in [-0.2, -0.15) is 5.10 Å². The van der Waals surface area contributed by atoms with E-state index in [0.29, 0.717) is 6.61 Å². The van der Waals surface area contributed by atoms with Gasteiger partial charge in [0.2, 0.25) is 0 Å². The van der Waals surface area contributed by atoms with Gasteiger partial charge in [0, 0.05) is 18.7 Å². The Bertz CT molecular complexity index is 434. The standard InChI is InChI=1S/C11H14N2O/c1-9-3-4-10-8-13(5-6-14-2)12-11(10)7-9/h3-4,7-8H,5-6H2,1-2H3. The van der Waals surface area contributed by atoms with E-state index in [-0.39, 0.29) is 0 Å². The van der Waals surface area contributed by atoms with Crippen LogP contribution in [-0.2, 0) is 11.3 Å². The summed E-state index contributed by atoms with van der Waals surface area (Å²) in [6, 6.07) is 6.30. The van der Waals surface area contributed by atoms with Crippen molar-refractivity contribution in [1.29, 1.82) is 0 Å². The molecule has 3 heteroatoms. The lowest BCUT2D eigenvalue weighted by Gasteiger charge is -1.97. The molecule has 0 radical (unpaired) electrons. The minimum Gasteiger partial charge on any atom is -0.383 e. The van der Waals surface area contributed by atoms with Gasteiger partial charge in [-0.15, -0.1) is 0 Å². The average molecular weight is 190 g/mol. The summed E-state index contributed by atoms with van der Waals surface area (Å²) < 4.78 is 6.93. The van der Waals surface area contributed by atoms with Crippen molar-refractivity contribution < 1.29 is 4.74 Å². The Labute approximate surface area is 83.3 Å². The fraction of sp³-hybridized carbons (Fsp3) is 0.364. The fourth-order valence-electron chi connectivity index (χ4n) is 1.48. The first-order chi connectivity index (χ1) is 6.79. The number of fused-ring (bicyclic) bond motifs is 1. The van der Waals surface area contributed by atoms with Crippen LogP contribution in [0.3, 0.4) is 0 Å². The monoisotopic (exact) mass is 190 g/mol. The van der Waals surface area contributed by atoms with Crippen LogP contribution >= 0.6 is 0 Å². The Hall–Kier alpha value is -1.35. The number of hydrogen-bond acceptors (Lipinski definition) is 2. The largest absolute Gasteiger partial charge is 0.383 e. The molecule has 0 N–H and O–H groups in total. The van der Waals surface area contributed by atoms with Gasteiger partial charge >= 0.3 is 0 Å². The van der Waals surface area contributed by atoms with Crippen LogP contribution in [0.2, 0.25) is 0 Å². The number of methoxy groups -OCH3 is 1. The van der Waals surface area contributed by atoms with E-state index < -0.39 is 0 Å². The molecular formula is C11H14N2O. The molecule has 0 bridgehead atoms. The SMILES string of the molecule is COCCn1cc2ccc(C)cc2n1. The molecule has 0 saturated carbocycles. The van der Waals surface area contributed by atoms with Crippen molar-refractivity contribution in [2.24, 2.45) is 0 Å². The van der Waals surface area contributed by atoms with E-state index in [2.05, 4.69) is 30.2 Å². The lowest BCUT2D eigenvalue weighted by Crippen LogP contribution is -2.03. The minimum atomic E-state index is 0.701. The highest BCUT2D eigenvalue weighted by Crippen LogP contribution is 2.13. The third kappa shape index (κ3) is 1.77. The van der Waals surface area contributed by atoms with Crippen LogP contribution in [0.1, 0.15) is 5.56 Å². The highest BCUT2D eigenvalue weighted by molar-refractivity contribution is 5.78. The Morgan fingerprint density at radius 2 is 2.29 bits per heavy atom. The van der Waals surface area contributed by atoms with E-state index in [9.17, 15) is 0 Å². The van der Waals surface area contributed by atoms with Crippen LogP contribution in [0.4, 0.5) is 0 Å². The Morgan fingerprint density at radius 1 is 1.43 bits per heavy atom. The third-order valence-electron chi connectivity index (χ3n) is 2.23. The highest BCUT2D eigenvalue weighted by Gasteiger charge is 1.99. The molecule has 0 amide bonds. The van der Waals surface area contributed by atoms with E-state index in [1.165, 1.54) is 10.9 Å². The maximum absolute atomic E-state index is 5.00. The first kappa shape index (κ1) is 9.21. The predicted molar refractivity (Wildman–Crippen MR) is 56.3 cm³/mol. The lowest BCUT2D eigenvalue weighted by atomic mass is 10.2. The zero-order chi connectivity index (χ0) is 9.97. The van der Waals surface area contributed by atoms with Gasteiger partial charge in [-0.3, -0.25) is 4.68 Å². The Morgan fingerprint density at radius 3 is 3.07 bits per heavy atom. The van der Waals surface area contributed by atoms with Crippen molar-refractivity contribution >= 4 is 10.9 Å². The lowest BCUT2D eigenvalue weighted by molar-refractivity contribution is 0.184. The van der Waals surface area contributed by atoms with Crippen molar-refractivity contribution in [1.82, 2.24) is 9.78 Å². The van der Waals surface area contributed by atoms with Gasteiger partial charge < -0.3 is 4.74 Å². The first-order valence-electron chi connectivity index (χ1n) is 4.72. The van der Waals surface area contributed by atoms with E-state index >= 15 is 0 Å². The van der Waals surface area contributed by atoms with Gasteiger partial charge in [-0.1, -0.05) is 12.1 Å². The highest BCUT2D eigenvalue weighted by atomic mass is 16.5. The summed E-state index contributed by atoms with van der Waals surface area (Å²) >= 11 is 0. The molecule has 0 atom stereocenters. The normalized spacial score (nSPS) is 11.0. The van der Waals surface area contributed by atoms with Crippen LogP contribution in [0.25, 0.3) is 10.9 Å². The molecule has 0 aliphatic rings. The molecule has 1 aromatic heterocycles. The van der Waals surface area contributed by atoms with Gasteiger partial charge in [0.15, 0.2) is 0 Å². The first-order valence-corrected chi connectivity index (χ1v) is 4.72. The smallest absolute Gasteiger partial charge is 0.0925 e. The molecule has 2 aromatic rings. The molecule has 2 rings (SSSR count). The van der Waals surface area contributed by atoms with Gasteiger partial charge in [0.1, 0.15) is 0 Å². The molecule has 1 heterocycles. The van der Waals surface area contributed by atoms with Crippen molar-refractivity contribution in [2.45, 2.75) is 13.5 Å². The third-order valence-corrected chi connectivity index (χ3v) is 2.23. The van der Waals surface area contributed by atoms with Crippen molar-refractivity contribution in [3.8, 4) is 0 Å². The quantitative estimate of drug-likeness (QED) is 0.740. The topological polar surface area (TPSA) is 27.1 Å². The molecule has 0 aliphatic heterocycles. The molecule has 0 unspecified atom stereocenters. The fourth-order valence-corrected chi connectivity index (χ4v) is 1.48. The van der Waals surface area contributed by atoms with Crippen LogP contribution in [0.5, 0.6) is 0 Å². The molecule has 0 saturated heterocycles. The zero-order valence-corrected chi connectivity index (χ0v) is 8.53. The number of ether oxygens (including phenoxy) is 1. The van der Waals surface area contributed by atoms with Crippen molar-refractivity contribution in [3.05, 3.63) is 30.0 Å². The van der Waals surface area contributed by atoms with Crippen molar-refractivity contribution in [3.63, 3.8) is 0 Å². The van der Waals surface area contributed by atoms with E-state index in [0.717, 1.165) is 12.1 Å². The van der Waals surface area contributed by atoms with Crippen molar-refractivity contribution in [2.75, 3.05) is 13.7 Å². The van der Waals surface area contributed by atoms with Crippen LogP contribution in [-0.4, -0.2) is 23.5 Å². The predicted octanol–water partition coefficient (Wildman–Crippen LogP) is 1.99. The molecule has 0 spiro atoms. The van der Waals surface area contributed by atoms with Gasteiger partial charge in [0.25, 0.3) is 0 Å². The van der Waals surface area contributed by atoms with Crippen LogP contribution < -0.4 is 0 Å². The number of aromatic nitrogens is 2. The van der Waals surface area contributed by atoms with Crippen LogP contribution in [0.15, 0.2) is 24.4 Å². The number of rotatable bonds is 3. The zero-order valence-electron chi connectivity index (χ0n) is 8.53. The molecule has 1 aromatic carbocycles. The van der Waals surface area contributed by atoms with Crippen LogP contribution in [0, 0.1) is 6.92 Å². The maximum Gasteiger partial charge on any atom is 0.0925 e. The van der Waals surface area contributed by atoms with Gasteiger partial charge in [0.05, 0.1) is 18.7 Å². The second kappa shape index (κ2) is 3.80. The number of aryl methyl sites for hydroxylation is 1. The Kier molecular flexibility index (Phi) is 2.50. The van der Waals surface area contributed by atoms with Gasteiger partial charge in [-0.25, -0.2) is 0 Å². The summed E-state index contributed by atoms with van der Waals surface area (Å²) in [5, 5.41) is 5.63. The number of benzene rings is 1. The van der Waals surface area contributed by atoms with E-state index in [1.54, 1.807) is 7.11 Å². The maximum atomic E-state index is 5.00. The molecule has 14 heavy (non-hydrogen) atoms. The second-order valence-electron chi connectivity index (χ2n) is 3.45. The summed E-state index contributed by atoms with van der Waals surface area (Å²) in [4.78, 5) is 0. The average Bonchev–Trinajstić information content (AvgIpc) is 2.56. The second-order valence-corrected chi connectivity index (χ2v) is 3.45. The van der Waals surface area contributed by atoms with Gasteiger partial charge in [-0.05, 0) is 18.6 Å². The molecule has 74 valence electrons. The minimum absolute atomic E-state index is 0.701. The summed E-state index contributed by atoms with van der Waals surface area (Å²) in [6.45, 7) is 3.59. The summed E-state index contributed by atoms with van der Waals surface area (Å²) in [5.41, 5.74) is 2.30. The van der Waals surface area contributed by atoms with E-state index in [1.807, 2.05) is 10.9 Å². The summed E-state index contributed by atoms with van der Waals surface area (Å²) in [7, 11) is 1.70. The molecular weight excluding hydrogens is 176 g/mol. The Balaban J connectivity index is 2.32. The summed E-state index contributed by atoms with van der Waals surface area (Å²) in [6.07, 6.45) is 2.05. The molecule has 0 aliphatic carbocycles. The molecule has 3 nitrogen and oxygen atoms in total. The number of hydrogen-bond donors (Lipinski definition) is 0. The summed E-state index contributed by atoms with van der Waals surface area (Å²) in [5.74, 6) is 0. The number of nitrogens with zero attached hydrogens (tertiary/aromatic N) is 2.